The Bertz CT molecular complexity index is 305. The maximum atomic E-state index is 10.9. The second-order valence-corrected chi connectivity index (χ2v) is 4.66. The molecule has 0 aromatic rings. The lowest BCUT2D eigenvalue weighted by Crippen LogP contribution is -2.33. The first-order valence-corrected chi connectivity index (χ1v) is 4.57. The summed E-state index contributed by atoms with van der Waals surface area (Å²) in [5, 5.41) is -1.75. The maximum absolute atomic E-state index is 10.9. The third-order valence-electron chi connectivity index (χ3n) is 1.10. The molecular weight excluding hydrogens is 184 g/mol. The lowest BCUT2D eigenvalue weighted by Gasteiger charge is -2.13. The van der Waals surface area contributed by atoms with Gasteiger partial charge in [-0.15, -0.1) is 0 Å². The van der Waals surface area contributed by atoms with Crippen LogP contribution < -0.4 is 0 Å². The van der Waals surface area contributed by atoms with Crippen LogP contribution in [-0.2, 0) is 19.7 Å². The van der Waals surface area contributed by atoms with Crippen LogP contribution >= 0.6 is 0 Å². The van der Waals surface area contributed by atoms with Crippen molar-refractivity contribution in [1.82, 2.24) is 0 Å². The Morgan fingerprint density at radius 2 is 1.50 bits per heavy atom. The van der Waals surface area contributed by atoms with Gasteiger partial charge in [0.1, 0.15) is 0 Å². The van der Waals surface area contributed by atoms with Crippen molar-refractivity contribution in [3.63, 3.8) is 0 Å². The average molecular weight is 194 g/mol. The molecule has 0 saturated heterocycles. The van der Waals surface area contributed by atoms with Crippen LogP contribution in [-0.4, -0.2) is 23.9 Å². The van der Waals surface area contributed by atoms with Gasteiger partial charge in [-0.1, -0.05) is 20.8 Å². The molecule has 0 radical (unpaired) electrons. The van der Waals surface area contributed by atoms with Gasteiger partial charge in [-0.25, -0.2) is 0 Å². The molecule has 0 aliphatic rings. The van der Waals surface area contributed by atoms with Gasteiger partial charge in [0, 0.05) is 5.41 Å². The Kier molecular flexibility index (Phi) is 2.76. The molecule has 70 valence electrons. The molecule has 0 bridgehead atoms. The van der Waals surface area contributed by atoms with E-state index in [0.29, 0.717) is 0 Å². The Morgan fingerprint density at radius 1 is 1.17 bits per heavy atom. The molecule has 0 unspecified atom stereocenters. The molecule has 0 aliphatic heterocycles. The van der Waals surface area contributed by atoms with Crippen molar-refractivity contribution in [2.75, 3.05) is 0 Å². The summed E-state index contributed by atoms with van der Waals surface area (Å²) in [5.74, 6) is -1.12. The normalized spacial score (nSPS) is 12.7. The molecule has 0 aromatic carbocycles. The third-order valence-corrected chi connectivity index (χ3v) is 1.75. The van der Waals surface area contributed by atoms with Gasteiger partial charge >= 0.3 is 15.2 Å². The second-order valence-electron chi connectivity index (χ2n) is 3.34. The second kappa shape index (κ2) is 2.95. The number of hydrogen-bond donors (Lipinski definition) is 1. The Labute approximate surface area is 70.5 Å². The molecule has 12 heavy (non-hydrogen) atoms. The molecule has 0 saturated carbocycles. The van der Waals surface area contributed by atoms with Crippen LogP contribution in [0.3, 0.4) is 0 Å². The summed E-state index contributed by atoms with van der Waals surface area (Å²) in [6.45, 7) is 4.16. The van der Waals surface area contributed by atoms with Gasteiger partial charge in [0.2, 0.25) is 5.78 Å². The van der Waals surface area contributed by atoms with Crippen LogP contribution in [0.4, 0.5) is 0 Å². The van der Waals surface area contributed by atoms with E-state index < -0.39 is 26.4 Å². The summed E-state index contributed by atoms with van der Waals surface area (Å²) in [5.41, 5.74) is -1.09. The van der Waals surface area contributed by atoms with Crippen molar-refractivity contribution in [2.45, 2.75) is 20.8 Å². The smallest absolute Gasteiger partial charge is 0.289 e. The Morgan fingerprint density at radius 3 is 1.58 bits per heavy atom. The van der Waals surface area contributed by atoms with Gasteiger partial charge in [0.15, 0.2) is 0 Å². The van der Waals surface area contributed by atoms with Gasteiger partial charge < -0.3 is 0 Å². The van der Waals surface area contributed by atoms with E-state index in [-0.39, 0.29) is 0 Å². The summed E-state index contributed by atoms with van der Waals surface area (Å²) in [6, 6.07) is 0. The number of Topliss-reactive ketones (excluding diaryl/α,β-unsaturated/α-hetero) is 1. The fourth-order valence-electron chi connectivity index (χ4n) is 0.423. The van der Waals surface area contributed by atoms with Crippen molar-refractivity contribution in [1.29, 1.82) is 0 Å². The van der Waals surface area contributed by atoms with Gasteiger partial charge in [0.05, 0.1) is 0 Å². The molecule has 0 fully saturated rings. The molecular formula is C6H10O5S. The topological polar surface area (TPSA) is 88.5 Å². The highest BCUT2D eigenvalue weighted by Crippen LogP contribution is 2.15. The van der Waals surface area contributed by atoms with Crippen LogP contribution in [0, 0.1) is 5.41 Å². The molecule has 0 amide bonds. The highest BCUT2D eigenvalue weighted by atomic mass is 32.2. The zero-order chi connectivity index (χ0) is 10.2. The van der Waals surface area contributed by atoms with Crippen molar-refractivity contribution in [3.05, 3.63) is 0 Å². The van der Waals surface area contributed by atoms with Gasteiger partial charge in [-0.3, -0.25) is 14.1 Å². The third kappa shape index (κ3) is 2.71. The highest BCUT2D eigenvalue weighted by molar-refractivity contribution is 8.03. The number of carbonyl (C=O) groups is 2. The van der Waals surface area contributed by atoms with Crippen LogP contribution in [0.2, 0.25) is 0 Å². The van der Waals surface area contributed by atoms with Crippen LogP contribution in [0.15, 0.2) is 0 Å². The minimum atomic E-state index is -4.87. The molecule has 0 aliphatic carbocycles. The number of ketones is 1. The molecule has 6 heteroatoms. The Balaban J connectivity index is 4.91. The van der Waals surface area contributed by atoms with Crippen molar-refractivity contribution >= 4 is 21.0 Å². The van der Waals surface area contributed by atoms with Crippen molar-refractivity contribution in [2.24, 2.45) is 5.41 Å². The zero-order valence-electron chi connectivity index (χ0n) is 6.99. The van der Waals surface area contributed by atoms with Crippen LogP contribution in [0.5, 0.6) is 0 Å². The van der Waals surface area contributed by atoms with E-state index in [4.69, 9.17) is 4.55 Å². The first-order valence-electron chi connectivity index (χ1n) is 3.13. The predicted octanol–water partition coefficient (Wildman–Crippen LogP) is 0.0160. The largest absolute Gasteiger partial charge is 0.339 e. The molecule has 0 heterocycles. The highest BCUT2D eigenvalue weighted by Gasteiger charge is 2.35. The summed E-state index contributed by atoms with van der Waals surface area (Å²) in [6.07, 6.45) is 0. The molecule has 0 atom stereocenters. The summed E-state index contributed by atoms with van der Waals surface area (Å²) < 4.78 is 28.6. The van der Waals surface area contributed by atoms with E-state index in [1.165, 1.54) is 20.8 Å². The van der Waals surface area contributed by atoms with E-state index in [0.717, 1.165) is 0 Å². The van der Waals surface area contributed by atoms with E-state index in [9.17, 15) is 18.0 Å². The zero-order valence-corrected chi connectivity index (χ0v) is 7.80. The quantitative estimate of drug-likeness (QED) is 0.469. The first-order chi connectivity index (χ1) is 5.07. The Hall–Kier alpha value is -0.750. The van der Waals surface area contributed by atoms with E-state index in [1.54, 1.807) is 0 Å². The lowest BCUT2D eigenvalue weighted by molar-refractivity contribution is -0.137. The van der Waals surface area contributed by atoms with Crippen LogP contribution in [0.1, 0.15) is 20.8 Å². The van der Waals surface area contributed by atoms with E-state index in [1.807, 2.05) is 0 Å². The van der Waals surface area contributed by atoms with E-state index in [2.05, 4.69) is 0 Å². The van der Waals surface area contributed by atoms with Crippen molar-refractivity contribution < 1.29 is 22.6 Å². The monoisotopic (exact) mass is 194 g/mol. The minimum Gasteiger partial charge on any atom is -0.289 e. The van der Waals surface area contributed by atoms with Crippen molar-refractivity contribution in [3.8, 4) is 0 Å². The number of carbonyl (C=O) groups excluding carboxylic acids is 2. The molecule has 0 aromatic heterocycles. The number of rotatable bonds is 1. The average Bonchev–Trinajstić information content (AvgIpc) is 1.80. The molecule has 0 rings (SSSR count). The minimum absolute atomic E-state index is 1.09. The molecule has 5 nitrogen and oxygen atoms in total. The SMILES string of the molecule is CC(C)(C)C(=O)C(=O)S(=O)(=O)O. The molecule has 1 N–H and O–H groups in total. The number of hydrogen-bond acceptors (Lipinski definition) is 4. The van der Waals surface area contributed by atoms with Gasteiger partial charge in [-0.05, 0) is 0 Å². The molecule has 0 spiro atoms. The lowest BCUT2D eigenvalue weighted by atomic mass is 9.92. The predicted molar refractivity (Wildman–Crippen MR) is 41.0 cm³/mol. The summed E-state index contributed by atoms with van der Waals surface area (Å²) >= 11 is 0. The fraction of sp³-hybridized carbons (Fsp3) is 0.667. The first kappa shape index (κ1) is 11.2. The van der Waals surface area contributed by atoms with Gasteiger partial charge in [-0.2, -0.15) is 8.42 Å². The van der Waals surface area contributed by atoms with Gasteiger partial charge in [0.25, 0.3) is 0 Å². The standard InChI is InChI=1S/C6H10O5S/c1-6(2,3)4(7)5(8)12(9,10)11/h1-3H3,(H,9,10,11). The maximum Gasteiger partial charge on any atom is 0.339 e. The van der Waals surface area contributed by atoms with E-state index >= 15 is 0 Å². The van der Waals surface area contributed by atoms with Crippen LogP contribution in [0.25, 0.3) is 0 Å². The fourth-order valence-corrected chi connectivity index (χ4v) is 0.964. The summed E-state index contributed by atoms with van der Waals surface area (Å²) in [4.78, 5) is 21.5. The summed E-state index contributed by atoms with van der Waals surface area (Å²) in [7, 11) is -4.87.